The Kier molecular flexibility index (Phi) is 5.87. The van der Waals surface area contributed by atoms with Crippen molar-refractivity contribution < 1.29 is 19.1 Å². The lowest BCUT2D eigenvalue weighted by Gasteiger charge is -2.56. The maximum Gasteiger partial charge on any atom is 0.321 e. The number of carbonyl (C=O) groups excluding carboxylic acids is 3. The number of imide groups is 1. The fourth-order valence-electron chi connectivity index (χ4n) is 6.73. The molecule has 29 heavy (non-hydrogen) atoms. The van der Waals surface area contributed by atoms with Crippen LogP contribution in [0.2, 0.25) is 0 Å². The Morgan fingerprint density at radius 3 is 2.31 bits per heavy atom. The summed E-state index contributed by atoms with van der Waals surface area (Å²) in [6.45, 7) is 5.23. The van der Waals surface area contributed by atoms with Crippen LogP contribution in [-0.4, -0.2) is 54.1 Å². The van der Waals surface area contributed by atoms with Gasteiger partial charge in [-0.3, -0.25) is 19.8 Å². The summed E-state index contributed by atoms with van der Waals surface area (Å²) in [7, 11) is 0. The van der Waals surface area contributed by atoms with Crippen molar-refractivity contribution in [1.29, 1.82) is 0 Å². The molecule has 5 fully saturated rings. The lowest BCUT2D eigenvalue weighted by Crippen LogP contribution is -2.62. The molecule has 5 aliphatic rings. The molecule has 1 heterocycles. The van der Waals surface area contributed by atoms with E-state index in [9.17, 15) is 14.4 Å². The van der Waals surface area contributed by atoms with Gasteiger partial charge in [-0.05, 0) is 89.5 Å². The number of amides is 3. The molecule has 0 radical (unpaired) electrons. The number of piperidine rings is 1. The molecule has 0 aromatic heterocycles. The van der Waals surface area contributed by atoms with E-state index in [1.165, 1.54) is 19.3 Å². The van der Waals surface area contributed by atoms with Crippen LogP contribution in [0.3, 0.4) is 0 Å². The van der Waals surface area contributed by atoms with Gasteiger partial charge in [-0.25, -0.2) is 4.79 Å². The monoisotopic (exact) mass is 405 g/mol. The summed E-state index contributed by atoms with van der Waals surface area (Å²) in [6, 6.07) is -0.808. The average Bonchev–Trinajstić information content (AvgIpc) is 2.66. The Labute approximate surface area is 173 Å². The highest BCUT2D eigenvalue weighted by atomic mass is 16.5. The van der Waals surface area contributed by atoms with Crippen LogP contribution in [0.1, 0.15) is 65.2 Å². The molecule has 4 bridgehead atoms. The molecule has 1 saturated heterocycles. The summed E-state index contributed by atoms with van der Waals surface area (Å²) in [4.78, 5) is 39.4. The first-order valence-corrected chi connectivity index (χ1v) is 11.4. The van der Waals surface area contributed by atoms with E-state index in [2.05, 4.69) is 10.6 Å². The number of ether oxygens (including phenoxy) is 1. The predicted octanol–water partition coefficient (Wildman–Crippen LogP) is 2.44. The first-order chi connectivity index (χ1) is 13.9. The number of rotatable bonds is 5. The number of hydrogen-bond acceptors (Lipinski definition) is 5. The molecule has 3 amide bonds. The Morgan fingerprint density at radius 1 is 1.10 bits per heavy atom. The van der Waals surface area contributed by atoms with E-state index >= 15 is 0 Å². The van der Waals surface area contributed by atoms with Crippen molar-refractivity contribution in [1.82, 2.24) is 15.5 Å². The van der Waals surface area contributed by atoms with Crippen molar-refractivity contribution in [2.75, 3.05) is 19.7 Å². The van der Waals surface area contributed by atoms with Crippen molar-refractivity contribution in [3.05, 3.63) is 0 Å². The Hall–Kier alpha value is -1.63. The molecule has 0 unspecified atom stereocenters. The normalized spacial score (nSPS) is 37.0. The summed E-state index contributed by atoms with van der Waals surface area (Å²) < 4.78 is 5.14. The molecule has 162 valence electrons. The molecule has 4 aliphatic carbocycles. The van der Waals surface area contributed by atoms with Crippen LogP contribution in [0.15, 0.2) is 0 Å². The first-order valence-electron chi connectivity index (χ1n) is 11.4. The average molecular weight is 406 g/mol. The van der Waals surface area contributed by atoms with Crippen molar-refractivity contribution in [2.24, 2.45) is 23.7 Å². The zero-order valence-corrected chi connectivity index (χ0v) is 17.7. The van der Waals surface area contributed by atoms with Crippen molar-refractivity contribution in [2.45, 2.75) is 76.8 Å². The van der Waals surface area contributed by atoms with Gasteiger partial charge in [0.2, 0.25) is 5.91 Å². The van der Waals surface area contributed by atoms with Gasteiger partial charge in [0.15, 0.2) is 0 Å². The molecule has 2 atom stereocenters. The van der Waals surface area contributed by atoms with Crippen molar-refractivity contribution >= 4 is 17.9 Å². The van der Waals surface area contributed by atoms with Crippen molar-refractivity contribution in [3.63, 3.8) is 0 Å². The third-order valence-electron chi connectivity index (χ3n) is 7.65. The quantitative estimate of drug-likeness (QED) is 0.686. The Balaban J connectivity index is 1.29. The van der Waals surface area contributed by atoms with E-state index in [4.69, 9.17) is 4.74 Å². The van der Waals surface area contributed by atoms with Gasteiger partial charge in [0.05, 0.1) is 18.6 Å². The minimum absolute atomic E-state index is 0.109. The van der Waals surface area contributed by atoms with Crippen LogP contribution in [0.4, 0.5) is 4.79 Å². The molecular weight excluding hydrogens is 370 g/mol. The highest BCUT2D eigenvalue weighted by Crippen LogP contribution is 2.55. The number of likely N-dealkylation sites (tertiary alicyclic amines) is 1. The van der Waals surface area contributed by atoms with E-state index in [0.29, 0.717) is 13.2 Å². The lowest BCUT2D eigenvalue weighted by molar-refractivity contribution is -0.151. The van der Waals surface area contributed by atoms with Gasteiger partial charge >= 0.3 is 12.0 Å². The molecule has 7 heteroatoms. The van der Waals surface area contributed by atoms with Gasteiger partial charge < -0.3 is 10.1 Å². The van der Waals surface area contributed by atoms with Gasteiger partial charge in [-0.1, -0.05) is 0 Å². The second-order valence-corrected chi connectivity index (χ2v) is 9.90. The largest absolute Gasteiger partial charge is 0.466 e. The second kappa shape index (κ2) is 8.25. The van der Waals surface area contributed by atoms with E-state index in [0.717, 1.165) is 56.4 Å². The zero-order valence-electron chi connectivity index (χ0n) is 17.7. The summed E-state index contributed by atoms with van der Waals surface area (Å²) in [5.41, 5.74) is -0.109. The highest BCUT2D eigenvalue weighted by molar-refractivity contribution is 5.97. The van der Waals surface area contributed by atoms with E-state index in [-0.39, 0.29) is 29.4 Å². The number of nitrogens with zero attached hydrogens (tertiary/aromatic N) is 1. The number of nitrogens with one attached hydrogen (secondary N) is 2. The fourth-order valence-corrected chi connectivity index (χ4v) is 6.73. The van der Waals surface area contributed by atoms with Crippen LogP contribution in [-0.2, 0) is 14.3 Å². The maximum atomic E-state index is 12.7. The minimum atomic E-state index is -0.450. The Morgan fingerprint density at radius 2 is 1.72 bits per heavy atom. The summed E-state index contributed by atoms with van der Waals surface area (Å²) in [5, 5.41) is 5.77. The van der Waals surface area contributed by atoms with Gasteiger partial charge in [0.1, 0.15) is 0 Å². The molecule has 7 nitrogen and oxygen atoms in total. The van der Waals surface area contributed by atoms with Gasteiger partial charge in [0, 0.05) is 12.1 Å². The van der Waals surface area contributed by atoms with Crippen LogP contribution >= 0.6 is 0 Å². The van der Waals surface area contributed by atoms with E-state index < -0.39 is 6.04 Å². The first kappa shape index (κ1) is 20.6. The van der Waals surface area contributed by atoms with Crippen LogP contribution in [0, 0.1) is 23.7 Å². The minimum Gasteiger partial charge on any atom is -0.466 e. The number of esters is 1. The van der Waals surface area contributed by atoms with Crippen molar-refractivity contribution in [3.8, 4) is 0 Å². The molecule has 0 aromatic carbocycles. The van der Waals surface area contributed by atoms with Crippen LogP contribution in [0.25, 0.3) is 0 Å². The number of urea groups is 1. The third kappa shape index (κ3) is 4.44. The lowest BCUT2D eigenvalue weighted by atomic mass is 9.53. The van der Waals surface area contributed by atoms with Gasteiger partial charge in [0.25, 0.3) is 0 Å². The number of hydrogen-bond donors (Lipinski definition) is 2. The predicted molar refractivity (Wildman–Crippen MR) is 108 cm³/mol. The third-order valence-corrected chi connectivity index (χ3v) is 7.65. The van der Waals surface area contributed by atoms with Gasteiger partial charge in [-0.15, -0.1) is 0 Å². The molecule has 5 rings (SSSR count). The molecule has 1 aliphatic heterocycles. The van der Waals surface area contributed by atoms with E-state index in [1.807, 2.05) is 4.90 Å². The Bertz CT molecular complexity index is 629. The summed E-state index contributed by atoms with van der Waals surface area (Å²) in [6.07, 6.45) is 8.76. The smallest absolute Gasteiger partial charge is 0.321 e. The molecular formula is C22H35N3O4. The zero-order chi connectivity index (χ0) is 20.6. The standard InChI is InChI=1S/C22H35N3O4/c1-3-29-20(27)18-5-4-6-25(13-18)14(2)19(26)23-21(28)24-22-10-15-7-16(11-22)9-17(8-15)12-22/h14-18H,3-13H2,1-2H3,(H2,23,24,26,28)/t14-,15?,16?,17?,18-,22?/m0/s1. The molecule has 4 saturated carbocycles. The molecule has 2 N–H and O–H groups in total. The topological polar surface area (TPSA) is 87.7 Å². The highest BCUT2D eigenvalue weighted by Gasteiger charge is 2.51. The van der Waals surface area contributed by atoms with Gasteiger partial charge in [-0.2, -0.15) is 0 Å². The van der Waals surface area contributed by atoms with Crippen LogP contribution in [0.5, 0.6) is 0 Å². The summed E-state index contributed by atoms with van der Waals surface area (Å²) >= 11 is 0. The SMILES string of the molecule is CCOC(=O)[C@H]1CCCN([C@@H](C)C(=O)NC(=O)NC23CC4CC(CC(C4)C2)C3)C1. The van der Waals surface area contributed by atoms with Crippen LogP contribution < -0.4 is 10.6 Å². The van der Waals surface area contributed by atoms with E-state index in [1.54, 1.807) is 13.8 Å². The maximum absolute atomic E-state index is 12.7. The summed E-state index contributed by atoms with van der Waals surface area (Å²) in [5.74, 6) is 1.54. The fraction of sp³-hybridized carbons (Fsp3) is 0.864. The number of carbonyl (C=O) groups is 3. The molecule has 0 spiro atoms. The second-order valence-electron chi connectivity index (χ2n) is 9.90. The molecule has 0 aromatic rings.